The first-order chi connectivity index (χ1) is 33.2. The molecule has 10 aromatic carbocycles. The van der Waals surface area contributed by atoms with Gasteiger partial charge in [0.25, 0.3) is 0 Å². The van der Waals surface area contributed by atoms with Crippen LogP contribution >= 0.6 is 0 Å². The fraction of sp³-hybridized carbons (Fsp3) is 0.0909. The molecule has 0 saturated heterocycles. The molecule has 0 bridgehead atoms. The van der Waals surface area contributed by atoms with Gasteiger partial charge < -0.3 is 9.32 Å². The van der Waals surface area contributed by atoms with Crippen LogP contribution in [0.3, 0.4) is 0 Å². The molecule has 2 aliphatic carbocycles. The molecule has 68 heavy (non-hydrogen) atoms. The van der Waals surface area contributed by atoms with Crippen molar-refractivity contribution in [1.82, 2.24) is 0 Å². The number of rotatable bonds is 7. The van der Waals surface area contributed by atoms with Crippen LogP contribution < -0.4 is 4.90 Å². The zero-order valence-corrected chi connectivity index (χ0v) is 38.7. The molecule has 0 radical (unpaired) electrons. The molecule has 13 rings (SSSR count). The highest BCUT2D eigenvalue weighted by Crippen LogP contribution is 2.59. The van der Waals surface area contributed by atoms with E-state index in [2.05, 4.69) is 251 Å². The zero-order chi connectivity index (χ0) is 45.7. The van der Waals surface area contributed by atoms with E-state index in [0.29, 0.717) is 0 Å². The third-order valence-electron chi connectivity index (χ3n) is 15.1. The van der Waals surface area contributed by atoms with E-state index in [1.165, 1.54) is 77.9 Å². The highest BCUT2D eigenvalue weighted by Gasteiger charge is 2.43. The SMILES string of the molecule is CC1(C)c2ccccc2-c2cc3c(cc21)-c1c(-c2ccc(-c4cccc5c4oc4ccccc45)cc2)cc(N(c2ccc(-c4ccccc4)cc2)c2ccc(-c4ccccc4)cc2)cc1C3(C)C. The summed E-state index contributed by atoms with van der Waals surface area (Å²) < 4.78 is 6.54. The Balaban J connectivity index is 1.02. The number of anilines is 3. The molecule has 0 N–H and O–H groups in total. The maximum atomic E-state index is 6.54. The Bertz CT molecular complexity index is 3660. The van der Waals surface area contributed by atoms with Crippen LogP contribution in [0.25, 0.3) is 88.7 Å². The lowest BCUT2D eigenvalue weighted by atomic mass is 9.79. The first-order valence-electron chi connectivity index (χ1n) is 23.8. The molecule has 0 atom stereocenters. The van der Waals surface area contributed by atoms with Crippen LogP contribution in [0, 0.1) is 0 Å². The van der Waals surface area contributed by atoms with Crippen molar-refractivity contribution in [3.8, 4) is 66.8 Å². The maximum absolute atomic E-state index is 6.54. The van der Waals surface area contributed by atoms with Crippen molar-refractivity contribution in [1.29, 1.82) is 0 Å². The van der Waals surface area contributed by atoms with Gasteiger partial charge in [-0.1, -0.05) is 198 Å². The van der Waals surface area contributed by atoms with Crippen molar-refractivity contribution in [3.05, 3.63) is 247 Å². The van der Waals surface area contributed by atoms with E-state index >= 15 is 0 Å². The van der Waals surface area contributed by atoms with Gasteiger partial charge in [-0.05, 0) is 138 Å². The van der Waals surface area contributed by atoms with E-state index in [1.54, 1.807) is 0 Å². The summed E-state index contributed by atoms with van der Waals surface area (Å²) in [5.74, 6) is 0. The van der Waals surface area contributed by atoms with Gasteiger partial charge in [0.15, 0.2) is 0 Å². The van der Waals surface area contributed by atoms with Gasteiger partial charge in [-0.2, -0.15) is 0 Å². The highest BCUT2D eigenvalue weighted by molar-refractivity contribution is 6.09. The number of benzene rings is 10. The summed E-state index contributed by atoms with van der Waals surface area (Å²) in [6, 6.07) is 82.5. The number of furan rings is 1. The van der Waals surface area contributed by atoms with E-state index in [-0.39, 0.29) is 10.8 Å². The molecule has 11 aromatic rings. The number of para-hydroxylation sites is 2. The average Bonchev–Trinajstić information content (AvgIpc) is 3.96. The predicted molar refractivity (Wildman–Crippen MR) is 285 cm³/mol. The molecule has 0 unspecified atom stereocenters. The average molecular weight is 872 g/mol. The Morgan fingerprint density at radius 2 is 0.794 bits per heavy atom. The molecule has 0 saturated carbocycles. The van der Waals surface area contributed by atoms with Gasteiger partial charge in [0.2, 0.25) is 0 Å². The third kappa shape index (κ3) is 6.17. The summed E-state index contributed by atoms with van der Waals surface area (Å²) in [5, 5.41) is 2.28. The Hall–Kier alpha value is -8.20. The lowest BCUT2D eigenvalue weighted by molar-refractivity contribution is 0.652. The molecular formula is C66H49NO. The van der Waals surface area contributed by atoms with Gasteiger partial charge in [-0.15, -0.1) is 0 Å². The van der Waals surface area contributed by atoms with Gasteiger partial charge in [0.05, 0.1) is 0 Å². The molecule has 0 fully saturated rings. The maximum Gasteiger partial charge on any atom is 0.143 e. The Kier molecular flexibility index (Phi) is 8.95. The minimum absolute atomic E-state index is 0.123. The number of fused-ring (bicyclic) bond motifs is 9. The van der Waals surface area contributed by atoms with Gasteiger partial charge in [-0.25, -0.2) is 0 Å². The first-order valence-corrected chi connectivity index (χ1v) is 23.8. The van der Waals surface area contributed by atoms with Crippen molar-refractivity contribution in [2.45, 2.75) is 38.5 Å². The van der Waals surface area contributed by atoms with Crippen LogP contribution in [-0.2, 0) is 10.8 Å². The smallest absolute Gasteiger partial charge is 0.143 e. The molecule has 0 spiro atoms. The number of nitrogens with zero attached hydrogens (tertiary/aromatic N) is 1. The van der Waals surface area contributed by atoms with E-state index in [9.17, 15) is 0 Å². The standard InChI is InChI=1S/C66H49NO/c1-65(2)58-24-13-11-20-52(58)56-40-60-57(41-59(56)65)63-55(47-28-26-46(27-29-47)51-22-15-23-54-53-21-12-14-25-62(53)68-64(51)54)38-50(39-61(63)66(60,3)4)67(48-34-30-44(31-35-48)42-16-7-5-8-17-42)49-36-32-45(33-37-49)43-18-9-6-10-19-43/h5-41H,1-4H3. The summed E-state index contributed by atoms with van der Waals surface area (Å²) in [4.78, 5) is 2.45. The summed E-state index contributed by atoms with van der Waals surface area (Å²) in [6.07, 6.45) is 0. The van der Waals surface area contributed by atoms with Gasteiger partial charge in [0.1, 0.15) is 11.2 Å². The van der Waals surface area contributed by atoms with Crippen LogP contribution in [-0.4, -0.2) is 0 Å². The third-order valence-corrected chi connectivity index (χ3v) is 15.1. The predicted octanol–water partition coefficient (Wildman–Crippen LogP) is 18.3. The van der Waals surface area contributed by atoms with E-state index in [1.807, 2.05) is 6.07 Å². The lowest BCUT2D eigenvalue weighted by Crippen LogP contribution is -2.17. The van der Waals surface area contributed by atoms with Gasteiger partial charge >= 0.3 is 0 Å². The second-order valence-corrected chi connectivity index (χ2v) is 19.7. The Morgan fingerprint density at radius 3 is 1.46 bits per heavy atom. The summed E-state index contributed by atoms with van der Waals surface area (Å²) in [7, 11) is 0. The molecule has 0 aliphatic heterocycles. The Labute approximate surface area is 398 Å². The van der Waals surface area contributed by atoms with Crippen molar-refractivity contribution in [3.63, 3.8) is 0 Å². The topological polar surface area (TPSA) is 16.4 Å². The van der Waals surface area contributed by atoms with Crippen molar-refractivity contribution >= 4 is 39.0 Å². The quantitative estimate of drug-likeness (QED) is 0.159. The van der Waals surface area contributed by atoms with Crippen LogP contribution in [0.15, 0.2) is 229 Å². The van der Waals surface area contributed by atoms with Crippen LogP contribution in [0.5, 0.6) is 0 Å². The molecule has 2 aliphatic rings. The largest absolute Gasteiger partial charge is 0.455 e. The van der Waals surface area contributed by atoms with E-state index < -0.39 is 0 Å². The molecule has 1 aromatic heterocycles. The summed E-state index contributed by atoms with van der Waals surface area (Å²) >= 11 is 0. The van der Waals surface area contributed by atoms with Crippen LogP contribution in [0.1, 0.15) is 49.9 Å². The zero-order valence-electron chi connectivity index (χ0n) is 38.7. The summed E-state index contributed by atoms with van der Waals surface area (Å²) in [5.41, 5.74) is 25.0. The van der Waals surface area contributed by atoms with Crippen LogP contribution in [0.2, 0.25) is 0 Å². The summed E-state index contributed by atoms with van der Waals surface area (Å²) in [6.45, 7) is 9.63. The highest BCUT2D eigenvalue weighted by atomic mass is 16.3. The van der Waals surface area contributed by atoms with Gasteiger partial charge in [-0.3, -0.25) is 0 Å². The lowest BCUT2D eigenvalue weighted by Gasteiger charge is -2.29. The fourth-order valence-electron chi connectivity index (χ4n) is 11.5. The van der Waals surface area contributed by atoms with Crippen LogP contribution in [0.4, 0.5) is 17.1 Å². The second-order valence-electron chi connectivity index (χ2n) is 19.7. The van der Waals surface area contributed by atoms with Crippen molar-refractivity contribution in [2.24, 2.45) is 0 Å². The molecule has 1 heterocycles. The molecule has 2 heteroatoms. The normalized spacial score (nSPS) is 13.8. The van der Waals surface area contributed by atoms with Gasteiger partial charge in [0, 0.05) is 44.2 Å². The fourth-order valence-corrected chi connectivity index (χ4v) is 11.5. The molecular weight excluding hydrogens is 823 g/mol. The molecule has 324 valence electrons. The minimum atomic E-state index is -0.289. The van der Waals surface area contributed by atoms with Crippen molar-refractivity contribution in [2.75, 3.05) is 4.90 Å². The monoisotopic (exact) mass is 871 g/mol. The Morgan fingerprint density at radius 1 is 0.309 bits per heavy atom. The second kappa shape index (κ2) is 15.2. The molecule has 0 amide bonds. The number of hydrogen-bond acceptors (Lipinski definition) is 2. The van der Waals surface area contributed by atoms with E-state index in [4.69, 9.17) is 4.42 Å². The van der Waals surface area contributed by atoms with Crippen molar-refractivity contribution < 1.29 is 4.42 Å². The first kappa shape index (κ1) is 40.1. The number of hydrogen-bond donors (Lipinski definition) is 0. The van der Waals surface area contributed by atoms with E-state index in [0.717, 1.165) is 50.1 Å². The minimum Gasteiger partial charge on any atom is -0.455 e. The molecule has 2 nitrogen and oxygen atoms in total.